The standard InChI is InChI=1S/C28H26N2O4S/c1-16-5-8-19(9-6-16)27-30-18(3)25(35-27)26(31)29-15-22-13-20(11-12-24(22)34-4)23-14-21(28(32)33)10-7-17(23)2/h5-14H,15H2,1-4H3,(H,29,31)(H,32,33). The number of aromatic nitrogens is 1. The van der Waals surface area contributed by atoms with E-state index in [0.717, 1.165) is 32.8 Å². The smallest absolute Gasteiger partial charge is 0.335 e. The topological polar surface area (TPSA) is 88.5 Å². The Hall–Kier alpha value is -3.97. The molecule has 0 saturated carbocycles. The van der Waals surface area contributed by atoms with Gasteiger partial charge in [-0.25, -0.2) is 9.78 Å². The highest BCUT2D eigenvalue weighted by Gasteiger charge is 2.17. The van der Waals surface area contributed by atoms with E-state index in [0.29, 0.717) is 16.3 Å². The number of carbonyl (C=O) groups excluding carboxylic acids is 1. The Bertz CT molecular complexity index is 1410. The van der Waals surface area contributed by atoms with Crippen LogP contribution in [0.1, 0.15) is 42.4 Å². The van der Waals surface area contributed by atoms with Gasteiger partial charge in [0.15, 0.2) is 0 Å². The minimum atomic E-state index is -0.975. The van der Waals surface area contributed by atoms with Crippen molar-refractivity contribution >= 4 is 23.2 Å². The number of aryl methyl sites for hydroxylation is 3. The molecular weight excluding hydrogens is 460 g/mol. The molecule has 0 fully saturated rings. The number of methoxy groups -OCH3 is 1. The van der Waals surface area contributed by atoms with Gasteiger partial charge in [0.2, 0.25) is 0 Å². The van der Waals surface area contributed by atoms with E-state index in [-0.39, 0.29) is 18.0 Å². The molecule has 7 heteroatoms. The van der Waals surface area contributed by atoms with E-state index in [9.17, 15) is 14.7 Å². The molecule has 0 aliphatic carbocycles. The summed E-state index contributed by atoms with van der Waals surface area (Å²) in [6, 6.07) is 18.8. The van der Waals surface area contributed by atoms with Gasteiger partial charge >= 0.3 is 5.97 Å². The lowest BCUT2D eigenvalue weighted by atomic mass is 9.96. The number of rotatable bonds is 7. The number of hydrogen-bond acceptors (Lipinski definition) is 5. The monoisotopic (exact) mass is 486 g/mol. The number of ether oxygens (including phenoxy) is 1. The zero-order valence-corrected chi connectivity index (χ0v) is 20.8. The summed E-state index contributed by atoms with van der Waals surface area (Å²) in [5.41, 5.74) is 6.48. The van der Waals surface area contributed by atoms with Crippen LogP contribution in [-0.4, -0.2) is 29.1 Å². The Morgan fingerprint density at radius 2 is 1.69 bits per heavy atom. The van der Waals surface area contributed by atoms with Crippen molar-refractivity contribution in [2.75, 3.05) is 7.11 Å². The highest BCUT2D eigenvalue weighted by atomic mass is 32.1. The minimum Gasteiger partial charge on any atom is -0.496 e. The molecule has 0 bridgehead atoms. The first-order valence-electron chi connectivity index (χ1n) is 11.1. The Morgan fingerprint density at radius 1 is 0.971 bits per heavy atom. The second kappa shape index (κ2) is 10.1. The van der Waals surface area contributed by atoms with Crippen LogP contribution in [0, 0.1) is 20.8 Å². The fourth-order valence-electron chi connectivity index (χ4n) is 3.83. The molecule has 0 aliphatic heterocycles. The Labute approximate surface area is 208 Å². The number of carbonyl (C=O) groups is 2. The first kappa shape index (κ1) is 24.2. The van der Waals surface area contributed by atoms with Gasteiger partial charge in [-0.1, -0.05) is 42.0 Å². The first-order chi connectivity index (χ1) is 16.8. The lowest BCUT2D eigenvalue weighted by Gasteiger charge is -2.13. The van der Waals surface area contributed by atoms with Crippen LogP contribution in [0.3, 0.4) is 0 Å². The first-order valence-corrected chi connectivity index (χ1v) is 11.9. The zero-order valence-electron chi connectivity index (χ0n) is 20.0. The maximum absolute atomic E-state index is 13.0. The third kappa shape index (κ3) is 5.25. The number of nitrogens with zero attached hydrogens (tertiary/aromatic N) is 1. The number of nitrogens with one attached hydrogen (secondary N) is 1. The second-order valence-electron chi connectivity index (χ2n) is 8.34. The van der Waals surface area contributed by atoms with Crippen molar-refractivity contribution in [1.82, 2.24) is 10.3 Å². The maximum atomic E-state index is 13.0. The van der Waals surface area contributed by atoms with Crippen molar-refractivity contribution in [1.29, 1.82) is 0 Å². The van der Waals surface area contributed by atoms with Gasteiger partial charge in [0.05, 0.1) is 18.4 Å². The van der Waals surface area contributed by atoms with Crippen molar-refractivity contribution in [2.45, 2.75) is 27.3 Å². The Kier molecular flexibility index (Phi) is 6.98. The van der Waals surface area contributed by atoms with Gasteiger partial charge in [-0.05, 0) is 61.7 Å². The molecule has 6 nitrogen and oxygen atoms in total. The van der Waals surface area contributed by atoms with Crippen molar-refractivity contribution in [3.8, 4) is 27.4 Å². The molecule has 0 radical (unpaired) electrons. The third-order valence-electron chi connectivity index (χ3n) is 5.82. The lowest BCUT2D eigenvalue weighted by Crippen LogP contribution is -2.23. The quantitative estimate of drug-likeness (QED) is 0.333. The summed E-state index contributed by atoms with van der Waals surface area (Å²) in [5.74, 6) is -0.533. The molecule has 0 spiro atoms. The molecule has 1 amide bonds. The number of carboxylic acid groups (broad SMARTS) is 1. The Morgan fingerprint density at radius 3 is 2.37 bits per heavy atom. The average Bonchev–Trinajstić information content (AvgIpc) is 3.24. The molecule has 0 atom stereocenters. The van der Waals surface area contributed by atoms with E-state index < -0.39 is 5.97 Å². The lowest BCUT2D eigenvalue weighted by molar-refractivity contribution is 0.0696. The Balaban J connectivity index is 1.57. The maximum Gasteiger partial charge on any atom is 0.335 e. The van der Waals surface area contributed by atoms with Crippen molar-refractivity contribution in [3.63, 3.8) is 0 Å². The minimum absolute atomic E-state index is 0.199. The summed E-state index contributed by atoms with van der Waals surface area (Å²) >= 11 is 1.37. The second-order valence-corrected chi connectivity index (χ2v) is 9.34. The molecular formula is C28H26N2O4S. The van der Waals surface area contributed by atoms with Crippen LogP contribution in [0.5, 0.6) is 5.75 Å². The molecule has 35 heavy (non-hydrogen) atoms. The third-order valence-corrected chi connectivity index (χ3v) is 7.02. The zero-order chi connectivity index (χ0) is 25.1. The molecule has 3 aromatic carbocycles. The fraction of sp³-hybridized carbons (Fsp3) is 0.179. The van der Waals surface area contributed by atoms with Crippen molar-refractivity contribution in [3.05, 3.63) is 93.5 Å². The highest BCUT2D eigenvalue weighted by molar-refractivity contribution is 7.17. The summed E-state index contributed by atoms with van der Waals surface area (Å²) in [6.45, 7) is 6.06. The summed E-state index contributed by atoms with van der Waals surface area (Å²) < 4.78 is 5.51. The van der Waals surface area contributed by atoms with Crippen LogP contribution in [0.4, 0.5) is 0 Å². The van der Waals surface area contributed by atoms with Crippen LogP contribution in [0.15, 0.2) is 60.7 Å². The molecule has 2 N–H and O–H groups in total. The van der Waals surface area contributed by atoms with Gasteiger partial charge < -0.3 is 15.2 Å². The van der Waals surface area contributed by atoms with E-state index in [1.807, 2.05) is 63.2 Å². The van der Waals surface area contributed by atoms with E-state index in [1.165, 1.54) is 16.9 Å². The normalized spacial score (nSPS) is 10.7. The molecule has 0 aliphatic rings. The van der Waals surface area contributed by atoms with Gasteiger partial charge in [-0.15, -0.1) is 11.3 Å². The number of amides is 1. The van der Waals surface area contributed by atoms with Crippen molar-refractivity contribution in [2.24, 2.45) is 0 Å². The van der Waals surface area contributed by atoms with E-state index in [4.69, 9.17) is 4.74 Å². The summed E-state index contributed by atoms with van der Waals surface area (Å²) in [7, 11) is 1.58. The van der Waals surface area contributed by atoms with E-state index in [2.05, 4.69) is 10.3 Å². The fourth-order valence-corrected chi connectivity index (χ4v) is 4.82. The molecule has 1 aromatic heterocycles. The molecule has 178 valence electrons. The molecule has 1 heterocycles. The number of hydrogen-bond donors (Lipinski definition) is 2. The SMILES string of the molecule is COc1ccc(-c2cc(C(=O)O)ccc2C)cc1CNC(=O)c1sc(-c2ccc(C)cc2)nc1C. The van der Waals surface area contributed by atoms with Gasteiger partial charge in [0.25, 0.3) is 5.91 Å². The highest BCUT2D eigenvalue weighted by Crippen LogP contribution is 2.31. The van der Waals surface area contributed by atoms with Gasteiger partial charge in [-0.3, -0.25) is 4.79 Å². The van der Waals surface area contributed by atoms with E-state index in [1.54, 1.807) is 25.3 Å². The summed E-state index contributed by atoms with van der Waals surface area (Å²) in [5, 5.41) is 13.2. The predicted molar refractivity (Wildman–Crippen MR) is 138 cm³/mol. The van der Waals surface area contributed by atoms with Crippen molar-refractivity contribution < 1.29 is 19.4 Å². The van der Waals surface area contributed by atoms with Crippen LogP contribution in [0.2, 0.25) is 0 Å². The number of aromatic carboxylic acids is 1. The van der Waals surface area contributed by atoms with Crippen LogP contribution in [-0.2, 0) is 6.54 Å². The number of benzene rings is 3. The predicted octanol–water partition coefficient (Wildman–Crippen LogP) is 6.04. The average molecular weight is 487 g/mol. The molecule has 4 aromatic rings. The number of carboxylic acids is 1. The largest absolute Gasteiger partial charge is 0.496 e. The molecule has 0 saturated heterocycles. The van der Waals surface area contributed by atoms with Gasteiger partial charge in [0, 0.05) is 17.7 Å². The summed E-state index contributed by atoms with van der Waals surface area (Å²) in [4.78, 5) is 29.6. The molecule has 0 unspecified atom stereocenters. The van der Waals surface area contributed by atoms with Gasteiger partial charge in [-0.2, -0.15) is 0 Å². The van der Waals surface area contributed by atoms with Crippen LogP contribution < -0.4 is 10.1 Å². The van der Waals surface area contributed by atoms with E-state index >= 15 is 0 Å². The summed E-state index contributed by atoms with van der Waals surface area (Å²) in [6.07, 6.45) is 0. The van der Waals surface area contributed by atoms with Crippen LogP contribution >= 0.6 is 11.3 Å². The van der Waals surface area contributed by atoms with Crippen LogP contribution in [0.25, 0.3) is 21.7 Å². The van der Waals surface area contributed by atoms with Gasteiger partial charge in [0.1, 0.15) is 15.6 Å². The number of thiazole rings is 1. The molecule has 4 rings (SSSR count).